The third-order valence-electron chi connectivity index (χ3n) is 2.93. The predicted molar refractivity (Wildman–Crippen MR) is 85.8 cm³/mol. The van der Waals surface area contributed by atoms with E-state index < -0.39 is 0 Å². The summed E-state index contributed by atoms with van der Waals surface area (Å²) in [6.45, 7) is 0. The molecular weight excluding hydrogens is 352 g/mol. The maximum atomic E-state index is 12.0. The Bertz CT molecular complexity index is 884. The Morgan fingerprint density at radius 3 is 2.95 bits per heavy atom. The lowest BCUT2D eigenvalue weighted by Gasteiger charge is -1.99. The first-order valence-corrected chi connectivity index (χ1v) is 7.75. The molecule has 2 aromatic heterocycles. The number of fused-ring (bicyclic) bond motifs is 1. The van der Waals surface area contributed by atoms with Crippen LogP contribution in [0.2, 0.25) is 0 Å². The first kappa shape index (κ1) is 14.0. The highest BCUT2D eigenvalue weighted by Gasteiger charge is 2.06. The fourth-order valence-electron chi connectivity index (χ4n) is 1.89. The summed E-state index contributed by atoms with van der Waals surface area (Å²) >= 11 is 4.81. The summed E-state index contributed by atoms with van der Waals surface area (Å²) in [5.41, 5.74) is 4.10. The normalized spacial score (nSPS) is 11.8. The van der Waals surface area contributed by atoms with E-state index in [1.165, 1.54) is 17.5 Å². The molecule has 0 aliphatic rings. The number of para-hydroxylation sites is 1. The van der Waals surface area contributed by atoms with Crippen LogP contribution in [0.4, 0.5) is 0 Å². The van der Waals surface area contributed by atoms with Gasteiger partial charge in [-0.25, -0.2) is 5.43 Å². The molecular formula is C14H11BrN4OS. The van der Waals surface area contributed by atoms with Gasteiger partial charge in [0.1, 0.15) is 0 Å². The number of hydrogen-bond donors (Lipinski definition) is 1. The number of nitrogens with one attached hydrogen (secondary N) is 1. The summed E-state index contributed by atoms with van der Waals surface area (Å²) < 4.78 is 3.82. The van der Waals surface area contributed by atoms with Gasteiger partial charge in [0.05, 0.1) is 15.8 Å². The number of benzene rings is 1. The smallest absolute Gasteiger partial charge is 0.273 e. The SMILES string of the molecule is Cn1/c(=N/NC(=O)c2cncc(Br)c2)sc2ccccc21. The van der Waals surface area contributed by atoms with Crippen LogP contribution < -0.4 is 10.2 Å². The molecule has 1 amide bonds. The van der Waals surface area contributed by atoms with Gasteiger partial charge in [-0.05, 0) is 34.1 Å². The van der Waals surface area contributed by atoms with Gasteiger partial charge in [-0.15, -0.1) is 5.10 Å². The molecule has 3 rings (SSSR count). The predicted octanol–water partition coefficient (Wildman–Crippen LogP) is 2.64. The number of carbonyl (C=O) groups is 1. The van der Waals surface area contributed by atoms with Gasteiger partial charge in [0.25, 0.3) is 5.91 Å². The lowest BCUT2D eigenvalue weighted by Crippen LogP contribution is -2.23. The molecule has 0 saturated carbocycles. The van der Waals surface area contributed by atoms with E-state index in [0.29, 0.717) is 5.56 Å². The molecule has 1 N–H and O–H groups in total. The van der Waals surface area contributed by atoms with Gasteiger partial charge in [-0.3, -0.25) is 9.78 Å². The molecule has 3 aromatic rings. The zero-order valence-electron chi connectivity index (χ0n) is 11.1. The van der Waals surface area contributed by atoms with Crippen LogP contribution in [0.25, 0.3) is 10.2 Å². The van der Waals surface area contributed by atoms with Crippen molar-refractivity contribution in [3.63, 3.8) is 0 Å². The molecule has 0 radical (unpaired) electrons. The average Bonchev–Trinajstić information content (AvgIpc) is 2.82. The first-order valence-electron chi connectivity index (χ1n) is 6.14. The highest BCUT2D eigenvalue weighted by molar-refractivity contribution is 9.10. The van der Waals surface area contributed by atoms with Crippen LogP contribution in [0.5, 0.6) is 0 Å². The van der Waals surface area contributed by atoms with Crippen LogP contribution in [0.15, 0.2) is 52.3 Å². The molecule has 21 heavy (non-hydrogen) atoms. The minimum Gasteiger partial charge on any atom is -0.318 e. The van der Waals surface area contributed by atoms with E-state index in [1.807, 2.05) is 35.9 Å². The van der Waals surface area contributed by atoms with Crippen molar-refractivity contribution in [2.24, 2.45) is 12.1 Å². The van der Waals surface area contributed by atoms with E-state index in [1.54, 1.807) is 12.3 Å². The van der Waals surface area contributed by atoms with Crippen molar-refractivity contribution in [2.75, 3.05) is 0 Å². The van der Waals surface area contributed by atoms with Crippen LogP contribution in [0.3, 0.4) is 0 Å². The summed E-state index contributed by atoms with van der Waals surface area (Å²) in [6.07, 6.45) is 3.13. The van der Waals surface area contributed by atoms with E-state index in [4.69, 9.17) is 0 Å². The van der Waals surface area contributed by atoms with Crippen LogP contribution in [-0.2, 0) is 7.05 Å². The van der Waals surface area contributed by atoms with Crippen molar-refractivity contribution in [3.05, 3.63) is 57.6 Å². The number of aryl methyl sites for hydroxylation is 1. The van der Waals surface area contributed by atoms with Crippen molar-refractivity contribution < 1.29 is 4.79 Å². The molecule has 0 fully saturated rings. The largest absolute Gasteiger partial charge is 0.318 e. The monoisotopic (exact) mass is 362 g/mol. The fraction of sp³-hybridized carbons (Fsp3) is 0.0714. The summed E-state index contributed by atoms with van der Waals surface area (Å²) in [5.74, 6) is -0.291. The molecule has 0 unspecified atom stereocenters. The van der Waals surface area contributed by atoms with E-state index in [-0.39, 0.29) is 5.91 Å². The number of thiazole rings is 1. The second-order valence-corrected chi connectivity index (χ2v) is 6.28. The molecule has 2 heterocycles. The molecule has 0 atom stereocenters. The van der Waals surface area contributed by atoms with Gasteiger partial charge in [-0.1, -0.05) is 23.5 Å². The Labute approximate surface area is 133 Å². The maximum absolute atomic E-state index is 12.0. The van der Waals surface area contributed by atoms with E-state index in [0.717, 1.165) is 19.5 Å². The van der Waals surface area contributed by atoms with Crippen LogP contribution in [0.1, 0.15) is 10.4 Å². The summed E-state index contributed by atoms with van der Waals surface area (Å²) in [7, 11) is 1.92. The van der Waals surface area contributed by atoms with Crippen LogP contribution in [0, 0.1) is 0 Å². The highest BCUT2D eigenvalue weighted by Crippen LogP contribution is 2.15. The van der Waals surface area contributed by atoms with Gasteiger partial charge in [0.15, 0.2) is 0 Å². The molecule has 0 aliphatic carbocycles. The number of halogens is 1. The van der Waals surface area contributed by atoms with Crippen molar-refractivity contribution in [3.8, 4) is 0 Å². The Hall–Kier alpha value is -1.99. The number of amides is 1. The molecule has 0 aliphatic heterocycles. The Kier molecular flexibility index (Phi) is 3.85. The zero-order valence-corrected chi connectivity index (χ0v) is 13.5. The molecule has 7 heteroatoms. The maximum Gasteiger partial charge on any atom is 0.273 e. The lowest BCUT2D eigenvalue weighted by molar-refractivity contribution is 0.0952. The number of nitrogens with zero attached hydrogens (tertiary/aromatic N) is 3. The minimum absolute atomic E-state index is 0.291. The van der Waals surface area contributed by atoms with E-state index in [9.17, 15) is 4.79 Å². The number of pyridine rings is 1. The summed E-state index contributed by atoms with van der Waals surface area (Å²) in [6, 6.07) is 9.70. The van der Waals surface area contributed by atoms with Crippen molar-refractivity contribution in [2.45, 2.75) is 0 Å². The molecule has 0 saturated heterocycles. The second-order valence-electron chi connectivity index (χ2n) is 4.36. The topological polar surface area (TPSA) is 59.3 Å². The van der Waals surface area contributed by atoms with E-state index in [2.05, 4.69) is 31.4 Å². The fourth-order valence-corrected chi connectivity index (χ4v) is 3.23. The molecule has 106 valence electrons. The average molecular weight is 363 g/mol. The Balaban J connectivity index is 1.91. The molecule has 5 nitrogen and oxygen atoms in total. The zero-order chi connectivity index (χ0) is 14.8. The first-order chi connectivity index (χ1) is 10.1. The van der Waals surface area contributed by atoms with Gasteiger partial charge in [0.2, 0.25) is 4.80 Å². The minimum atomic E-state index is -0.291. The summed E-state index contributed by atoms with van der Waals surface area (Å²) in [5, 5.41) is 4.19. The van der Waals surface area contributed by atoms with Crippen molar-refractivity contribution in [1.29, 1.82) is 0 Å². The Morgan fingerprint density at radius 1 is 1.38 bits per heavy atom. The molecule has 0 bridgehead atoms. The van der Waals surface area contributed by atoms with Gasteiger partial charge in [0, 0.05) is 23.9 Å². The number of rotatable bonds is 2. The highest BCUT2D eigenvalue weighted by atomic mass is 79.9. The van der Waals surface area contributed by atoms with Crippen LogP contribution >= 0.6 is 27.3 Å². The van der Waals surface area contributed by atoms with E-state index >= 15 is 0 Å². The molecule has 1 aromatic carbocycles. The second kappa shape index (κ2) is 5.79. The third-order valence-corrected chi connectivity index (χ3v) is 4.48. The molecule has 0 spiro atoms. The van der Waals surface area contributed by atoms with Crippen molar-refractivity contribution in [1.82, 2.24) is 15.0 Å². The van der Waals surface area contributed by atoms with Gasteiger partial charge in [-0.2, -0.15) is 0 Å². The standard InChI is InChI=1S/C14H11BrN4OS/c1-19-11-4-2-3-5-12(11)21-14(19)18-17-13(20)9-6-10(15)8-16-7-9/h2-8H,1H3,(H,17,20)/b18-14-. The van der Waals surface area contributed by atoms with Gasteiger partial charge >= 0.3 is 0 Å². The Morgan fingerprint density at radius 2 is 2.19 bits per heavy atom. The van der Waals surface area contributed by atoms with Crippen LogP contribution in [-0.4, -0.2) is 15.5 Å². The summed E-state index contributed by atoms with van der Waals surface area (Å²) in [4.78, 5) is 16.7. The third kappa shape index (κ3) is 2.88. The quantitative estimate of drug-likeness (QED) is 0.712. The number of aromatic nitrogens is 2. The van der Waals surface area contributed by atoms with Crippen molar-refractivity contribution >= 4 is 43.4 Å². The lowest BCUT2D eigenvalue weighted by atomic mass is 10.3. The number of carbonyl (C=O) groups excluding carboxylic acids is 1. The number of hydrogen-bond acceptors (Lipinski definition) is 4. The van der Waals surface area contributed by atoms with Gasteiger partial charge < -0.3 is 4.57 Å².